The van der Waals surface area contributed by atoms with E-state index in [9.17, 15) is 4.79 Å². The molecule has 0 aliphatic heterocycles. The van der Waals surface area contributed by atoms with Gasteiger partial charge in [0.05, 0.1) is 13.7 Å². The van der Waals surface area contributed by atoms with Crippen LogP contribution in [0.15, 0.2) is 24.3 Å². The monoisotopic (exact) mass is 343 g/mol. The second kappa shape index (κ2) is 7.27. The third-order valence-corrected chi connectivity index (χ3v) is 4.88. The average molecular weight is 343 g/mol. The largest absolute Gasteiger partial charge is 0.494 e. The summed E-state index contributed by atoms with van der Waals surface area (Å²) in [5, 5.41) is 13.7. The van der Waals surface area contributed by atoms with E-state index in [4.69, 9.17) is 9.84 Å². The first-order valence-corrected chi connectivity index (χ1v) is 8.68. The fourth-order valence-corrected chi connectivity index (χ4v) is 3.53. The van der Waals surface area contributed by atoms with Crippen molar-refractivity contribution in [1.82, 2.24) is 9.88 Å². The number of pyridine rings is 1. The topological polar surface area (TPSA) is 74.7 Å². The summed E-state index contributed by atoms with van der Waals surface area (Å²) in [6, 6.07) is 8.68. The van der Waals surface area contributed by atoms with Crippen LogP contribution in [0, 0.1) is 6.92 Å². The Bertz CT molecular complexity index is 772. The molecular weight excluding hydrogens is 318 g/mol. The maximum Gasteiger partial charge on any atom is 0.317 e. The van der Waals surface area contributed by atoms with Crippen molar-refractivity contribution in [2.24, 2.45) is 0 Å². The highest BCUT2D eigenvalue weighted by Crippen LogP contribution is 2.34. The van der Waals surface area contributed by atoms with E-state index in [1.54, 1.807) is 7.11 Å². The van der Waals surface area contributed by atoms with E-state index in [1.807, 2.05) is 36.9 Å². The number of carboxylic acid groups (broad SMARTS) is 1. The summed E-state index contributed by atoms with van der Waals surface area (Å²) in [5.74, 6) is 0.00968. The normalized spacial score (nSPS) is 19.7. The Morgan fingerprint density at radius 3 is 2.84 bits per heavy atom. The fourth-order valence-electron chi connectivity index (χ4n) is 3.53. The van der Waals surface area contributed by atoms with Crippen molar-refractivity contribution in [2.75, 3.05) is 25.5 Å². The molecule has 0 unspecified atom stereocenters. The molecule has 0 amide bonds. The Kier molecular flexibility index (Phi) is 5.08. The number of carbonyl (C=O) groups is 1. The summed E-state index contributed by atoms with van der Waals surface area (Å²) in [5.41, 5.74) is 2.87. The van der Waals surface area contributed by atoms with Gasteiger partial charge in [-0.3, -0.25) is 9.69 Å². The number of carboxylic acids is 1. The molecule has 1 aliphatic carbocycles. The number of likely N-dealkylation sites (N-methyl/N-ethyl adjacent to an activating group) is 1. The van der Waals surface area contributed by atoms with Gasteiger partial charge in [-0.15, -0.1) is 0 Å². The fraction of sp³-hybridized carbons (Fsp3) is 0.474. The zero-order chi connectivity index (χ0) is 18.0. The molecule has 1 aromatic carbocycles. The van der Waals surface area contributed by atoms with E-state index >= 15 is 0 Å². The predicted octanol–water partition coefficient (Wildman–Crippen LogP) is 2.90. The summed E-state index contributed by atoms with van der Waals surface area (Å²) in [6.45, 7) is 4.86. The van der Waals surface area contributed by atoms with Crippen LogP contribution < -0.4 is 10.1 Å². The van der Waals surface area contributed by atoms with Crippen molar-refractivity contribution in [1.29, 1.82) is 0 Å². The summed E-state index contributed by atoms with van der Waals surface area (Å²) in [7, 11) is 1.66. The molecule has 1 saturated carbocycles. The van der Waals surface area contributed by atoms with Crippen LogP contribution in [0.1, 0.15) is 25.5 Å². The lowest BCUT2D eigenvalue weighted by molar-refractivity contribution is -0.139. The van der Waals surface area contributed by atoms with Crippen LogP contribution in [0.4, 0.5) is 5.69 Å². The number of para-hydroxylation sites is 1. The van der Waals surface area contributed by atoms with Crippen molar-refractivity contribution < 1.29 is 14.6 Å². The molecule has 2 N–H and O–H groups in total. The van der Waals surface area contributed by atoms with Gasteiger partial charge in [0, 0.05) is 28.9 Å². The van der Waals surface area contributed by atoms with E-state index in [1.165, 1.54) is 0 Å². The van der Waals surface area contributed by atoms with E-state index in [2.05, 4.69) is 16.4 Å². The molecule has 2 aromatic rings. The van der Waals surface area contributed by atoms with E-state index < -0.39 is 5.97 Å². The molecule has 6 nitrogen and oxygen atoms in total. The van der Waals surface area contributed by atoms with Crippen LogP contribution in [-0.4, -0.2) is 53.2 Å². The highest BCUT2D eigenvalue weighted by atomic mass is 16.5. The Balaban J connectivity index is 1.74. The third-order valence-electron chi connectivity index (χ3n) is 4.88. The van der Waals surface area contributed by atoms with Crippen LogP contribution in [0.2, 0.25) is 0 Å². The lowest BCUT2D eigenvalue weighted by atomic mass is 9.85. The zero-order valence-electron chi connectivity index (χ0n) is 15.0. The van der Waals surface area contributed by atoms with Crippen LogP contribution in [0.3, 0.4) is 0 Å². The van der Waals surface area contributed by atoms with Crippen molar-refractivity contribution in [3.63, 3.8) is 0 Å². The Labute approximate surface area is 147 Å². The Morgan fingerprint density at radius 1 is 1.44 bits per heavy atom. The van der Waals surface area contributed by atoms with Crippen LogP contribution in [-0.2, 0) is 4.79 Å². The molecule has 25 heavy (non-hydrogen) atoms. The highest BCUT2D eigenvalue weighted by molar-refractivity contribution is 5.95. The average Bonchev–Trinajstić information content (AvgIpc) is 2.55. The number of aliphatic carboxylic acids is 1. The number of fused-ring (bicyclic) bond motifs is 1. The van der Waals surface area contributed by atoms with Crippen LogP contribution in [0.5, 0.6) is 5.75 Å². The van der Waals surface area contributed by atoms with Crippen molar-refractivity contribution in [3.8, 4) is 5.75 Å². The SMILES string of the molecule is CCN(CC(=O)O)C1CC(Nc2cc(C)nc3c(OC)cccc23)C1. The number of rotatable bonds is 7. The number of hydrogen-bond donors (Lipinski definition) is 2. The number of nitrogens with zero attached hydrogens (tertiary/aromatic N) is 2. The predicted molar refractivity (Wildman–Crippen MR) is 98.3 cm³/mol. The summed E-state index contributed by atoms with van der Waals surface area (Å²) in [6.07, 6.45) is 1.90. The molecule has 3 rings (SSSR count). The molecular formula is C19H25N3O3. The molecule has 6 heteroatoms. The zero-order valence-corrected chi connectivity index (χ0v) is 15.0. The maximum atomic E-state index is 11.0. The molecule has 0 bridgehead atoms. The van der Waals surface area contributed by atoms with Crippen LogP contribution >= 0.6 is 0 Å². The Morgan fingerprint density at radius 2 is 2.20 bits per heavy atom. The molecule has 1 aromatic heterocycles. The minimum absolute atomic E-state index is 0.113. The van der Waals surface area contributed by atoms with E-state index in [0.717, 1.165) is 47.4 Å². The summed E-state index contributed by atoms with van der Waals surface area (Å²) in [4.78, 5) is 17.6. The molecule has 0 radical (unpaired) electrons. The van der Waals surface area contributed by atoms with Gasteiger partial charge in [0.2, 0.25) is 0 Å². The molecule has 134 valence electrons. The molecule has 1 fully saturated rings. The molecule has 1 heterocycles. The molecule has 1 aliphatic rings. The Hall–Kier alpha value is -2.34. The number of ether oxygens (including phenoxy) is 1. The molecule has 0 atom stereocenters. The van der Waals surface area contributed by atoms with Gasteiger partial charge < -0.3 is 15.2 Å². The summed E-state index contributed by atoms with van der Waals surface area (Å²) < 4.78 is 5.43. The van der Waals surface area contributed by atoms with E-state index in [-0.39, 0.29) is 6.54 Å². The van der Waals surface area contributed by atoms with Crippen LogP contribution in [0.25, 0.3) is 10.9 Å². The lowest BCUT2D eigenvalue weighted by Gasteiger charge is -2.42. The standard InChI is InChI=1S/C19H25N3O3/c1-4-22(11-18(23)24)14-9-13(10-14)21-16-8-12(2)20-19-15(16)6-5-7-17(19)25-3/h5-8,13-14H,4,9-11H2,1-3H3,(H,20,21)(H,23,24). The van der Waals surface area contributed by atoms with E-state index in [0.29, 0.717) is 12.1 Å². The smallest absolute Gasteiger partial charge is 0.317 e. The molecule has 0 saturated heterocycles. The highest BCUT2D eigenvalue weighted by Gasteiger charge is 2.34. The quantitative estimate of drug-likeness (QED) is 0.805. The van der Waals surface area contributed by atoms with Gasteiger partial charge in [0.25, 0.3) is 0 Å². The number of methoxy groups -OCH3 is 1. The minimum atomic E-state index is -0.763. The third kappa shape index (κ3) is 3.69. The molecule has 0 spiro atoms. The van der Waals surface area contributed by atoms with Gasteiger partial charge in [-0.1, -0.05) is 19.1 Å². The van der Waals surface area contributed by atoms with Gasteiger partial charge in [0.15, 0.2) is 0 Å². The number of aryl methyl sites for hydroxylation is 1. The van der Waals surface area contributed by atoms with Gasteiger partial charge >= 0.3 is 5.97 Å². The van der Waals surface area contributed by atoms with Gasteiger partial charge in [-0.25, -0.2) is 4.98 Å². The maximum absolute atomic E-state index is 11.0. The number of anilines is 1. The van der Waals surface area contributed by atoms with Gasteiger partial charge in [-0.2, -0.15) is 0 Å². The lowest BCUT2D eigenvalue weighted by Crippen LogP contribution is -2.51. The number of hydrogen-bond acceptors (Lipinski definition) is 5. The van der Waals surface area contributed by atoms with Crippen molar-refractivity contribution in [2.45, 2.75) is 38.8 Å². The first-order chi connectivity index (χ1) is 12.0. The van der Waals surface area contributed by atoms with Gasteiger partial charge in [0.1, 0.15) is 11.3 Å². The van der Waals surface area contributed by atoms with Crippen molar-refractivity contribution in [3.05, 3.63) is 30.0 Å². The number of benzene rings is 1. The second-order valence-electron chi connectivity index (χ2n) is 6.59. The minimum Gasteiger partial charge on any atom is -0.494 e. The first-order valence-electron chi connectivity index (χ1n) is 8.68. The summed E-state index contributed by atoms with van der Waals surface area (Å²) >= 11 is 0. The van der Waals surface area contributed by atoms with Gasteiger partial charge in [-0.05, 0) is 38.4 Å². The second-order valence-corrected chi connectivity index (χ2v) is 6.59. The number of aromatic nitrogens is 1. The van der Waals surface area contributed by atoms with Crippen molar-refractivity contribution >= 4 is 22.6 Å². The first kappa shape index (κ1) is 17.5. The number of nitrogens with one attached hydrogen (secondary N) is 1.